The van der Waals surface area contributed by atoms with Crippen molar-refractivity contribution in [2.24, 2.45) is 0 Å². The molecule has 90 valence electrons. The lowest BCUT2D eigenvalue weighted by atomic mass is 10.2. The molecule has 0 aliphatic rings. The fourth-order valence-electron chi connectivity index (χ4n) is 1.75. The maximum atomic E-state index is 13.0. The molecule has 1 aromatic carbocycles. The summed E-state index contributed by atoms with van der Waals surface area (Å²) >= 11 is 5.74. The van der Waals surface area contributed by atoms with E-state index in [1.807, 2.05) is 13.2 Å². The summed E-state index contributed by atoms with van der Waals surface area (Å²) in [5.41, 5.74) is 2.21. The Morgan fingerprint density at radius 2 is 2.12 bits per heavy atom. The van der Waals surface area contributed by atoms with E-state index in [4.69, 9.17) is 11.6 Å². The molecule has 2 aromatic rings. The molecule has 2 rings (SSSR count). The third-order valence-corrected chi connectivity index (χ3v) is 2.83. The Hall–Kier alpha value is -1.32. The van der Waals surface area contributed by atoms with Crippen molar-refractivity contribution in [1.82, 2.24) is 9.88 Å². The summed E-state index contributed by atoms with van der Waals surface area (Å²) in [4.78, 5) is 0. The second-order valence-electron chi connectivity index (χ2n) is 3.97. The second-order valence-corrected chi connectivity index (χ2v) is 4.38. The molecule has 0 atom stereocenters. The quantitative estimate of drug-likeness (QED) is 0.885. The first-order valence-electron chi connectivity index (χ1n) is 5.42. The van der Waals surface area contributed by atoms with E-state index in [0.717, 1.165) is 12.1 Å². The van der Waals surface area contributed by atoms with E-state index >= 15 is 0 Å². The molecule has 0 bridgehead atoms. The zero-order valence-electron chi connectivity index (χ0n) is 9.58. The number of hydrogen-bond acceptors (Lipinski definition) is 1. The lowest BCUT2D eigenvalue weighted by Gasteiger charge is -2.04. The van der Waals surface area contributed by atoms with Crippen LogP contribution in [0, 0.1) is 5.82 Å². The number of hydrogen-bond donors (Lipinski definition) is 1. The SMILES string of the molecule is CNCc1ccn(Cc2ccc(F)c(Cl)c2)c1. The Kier molecular flexibility index (Phi) is 3.82. The van der Waals surface area contributed by atoms with Gasteiger partial charge in [-0.2, -0.15) is 0 Å². The standard InChI is InChI=1S/C13H14ClFN2/c1-16-7-11-4-5-17(9-11)8-10-2-3-13(15)12(14)6-10/h2-6,9,16H,7-8H2,1H3. The van der Waals surface area contributed by atoms with E-state index in [2.05, 4.69) is 22.1 Å². The molecular formula is C13H14ClFN2. The largest absolute Gasteiger partial charge is 0.350 e. The number of nitrogens with zero attached hydrogens (tertiary/aromatic N) is 1. The van der Waals surface area contributed by atoms with Crippen LogP contribution in [0.4, 0.5) is 4.39 Å². The minimum absolute atomic E-state index is 0.171. The lowest BCUT2D eigenvalue weighted by Crippen LogP contribution is -2.04. The van der Waals surface area contributed by atoms with E-state index in [1.54, 1.807) is 12.1 Å². The van der Waals surface area contributed by atoms with E-state index in [-0.39, 0.29) is 10.8 Å². The van der Waals surface area contributed by atoms with E-state index in [0.29, 0.717) is 6.54 Å². The van der Waals surface area contributed by atoms with E-state index in [1.165, 1.54) is 11.6 Å². The molecule has 0 aliphatic heterocycles. The van der Waals surface area contributed by atoms with Crippen molar-refractivity contribution in [1.29, 1.82) is 0 Å². The zero-order chi connectivity index (χ0) is 12.3. The van der Waals surface area contributed by atoms with Gasteiger partial charge in [-0.25, -0.2) is 4.39 Å². The van der Waals surface area contributed by atoms with Gasteiger partial charge >= 0.3 is 0 Å². The third kappa shape index (κ3) is 3.08. The Bertz CT molecular complexity index is 508. The van der Waals surface area contributed by atoms with Crippen LogP contribution in [-0.2, 0) is 13.1 Å². The number of benzene rings is 1. The maximum absolute atomic E-state index is 13.0. The summed E-state index contributed by atoms with van der Waals surface area (Å²) in [6, 6.07) is 6.87. The molecular weight excluding hydrogens is 239 g/mol. The van der Waals surface area contributed by atoms with Gasteiger partial charge in [0.15, 0.2) is 0 Å². The average Bonchev–Trinajstić information content (AvgIpc) is 2.72. The molecule has 2 nitrogen and oxygen atoms in total. The van der Waals surface area contributed by atoms with Crippen LogP contribution in [0.25, 0.3) is 0 Å². The average molecular weight is 253 g/mol. The predicted molar refractivity (Wildman–Crippen MR) is 67.7 cm³/mol. The van der Waals surface area contributed by atoms with Crippen molar-refractivity contribution >= 4 is 11.6 Å². The number of halogens is 2. The lowest BCUT2D eigenvalue weighted by molar-refractivity contribution is 0.626. The Morgan fingerprint density at radius 1 is 1.29 bits per heavy atom. The first-order valence-corrected chi connectivity index (χ1v) is 5.80. The highest BCUT2D eigenvalue weighted by Gasteiger charge is 2.02. The van der Waals surface area contributed by atoms with Gasteiger partial charge in [-0.05, 0) is 36.4 Å². The highest BCUT2D eigenvalue weighted by Crippen LogP contribution is 2.17. The normalized spacial score (nSPS) is 10.8. The van der Waals surface area contributed by atoms with Crippen molar-refractivity contribution in [3.8, 4) is 0 Å². The Labute approximate surface area is 105 Å². The molecule has 0 spiro atoms. The van der Waals surface area contributed by atoms with Gasteiger partial charge in [-0.3, -0.25) is 0 Å². The first-order chi connectivity index (χ1) is 8.19. The van der Waals surface area contributed by atoms with Crippen LogP contribution >= 0.6 is 11.6 Å². The summed E-state index contributed by atoms with van der Waals surface area (Å²) in [7, 11) is 1.91. The third-order valence-electron chi connectivity index (χ3n) is 2.54. The van der Waals surface area contributed by atoms with Gasteiger partial charge in [0.2, 0.25) is 0 Å². The van der Waals surface area contributed by atoms with Crippen molar-refractivity contribution in [3.63, 3.8) is 0 Å². The van der Waals surface area contributed by atoms with E-state index in [9.17, 15) is 4.39 Å². The van der Waals surface area contributed by atoms with Gasteiger partial charge in [0, 0.05) is 25.5 Å². The monoisotopic (exact) mass is 252 g/mol. The van der Waals surface area contributed by atoms with Crippen LogP contribution in [-0.4, -0.2) is 11.6 Å². The summed E-state index contributed by atoms with van der Waals surface area (Å²) in [6.45, 7) is 1.54. The van der Waals surface area contributed by atoms with Gasteiger partial charge in [0.05, 0.1) is 5.02 Å². The molecule has 17 heavy (non-hydrogen) atoms. The van der Waals surface area contributed by atoms with Crippen LogP contribution in [0.15, 0.2) is 36.7 Å². The van der Waals surface area contributed by atoms with E-state index < -0.39 is 0 Å². The Balaban J connectivity index is 2.11. The highest BCUT2D eigenvalue weighted by molar-refractivity contribution is 6.30. The molecule has 0 unspecified atom stereocenters. The van der Waals surface area contributed by atoms with Crippen molar-refractivity contribution in [3.05, 3.63) is 58.6 Å². The molecule has 0 saturated heterocycles. The second kappa shape index (κ2) is 5.34. The van der Waals surface area contributed by atoms with Gasteiger partial charge in [-0.1, -0.05) is 17.7 Å². The van der Waals surface area contributed by atoms with Crippen LogP contribution in [0.5, 0.6) is 0 Å². The number of aromatic nitrogens is 1. The summed E-state index contributed by atoms with van der Waals surface area (Å²) in [6.07, 6.45) is 4.07. The smallest absolute Gasteiger partial charge is 0.141 e. The van der Waals surface area contributed by atoms with Crippen LogP contribution in [0.2, 0.25) is 5.02 Å². The van der Waals surface area contributed by atoms with Crippen LogP contribution in [0.1, 0.15) is 11.1 Å². The van der Waals surface area contributed by atoms with Crippen molar-refractivity contribution in [2.75, 3.05) is 7.05 Å². The topological polar surface area (TPSA) is 17.0 Å². The van der Waals surface area contributed by atoms with Gasteiger partial charge in [-0.15, -0.1) is 0 Å². The molecule has 1 N–H and O–H groups in total. The zero-order valence-corrected chi connectivity index (χ0v) is 10.3. The molecule has 1 heterocycles. The molecule has 4 heteroatoms. The van der Waals surface area contributed by atoms with Gasteiger partial charge < -0.3 is 9.88 Å². The maximum Gasteiger partial charge on any atom is 0.141 e. The Morgan fingerprint density at radius 3 is 2.82 bits per heavy atom. The summed E-state index contributed by atoms with van der Waals surface area (Å²) < 4.78 is 15.0. The van der Waals surface area contributed by atoms with Gasteiger partial charge in [0.1, 0.15) is 5.82 Å². The summed E-state index contributed by atoms with van der Waals surface area (Å²) in [5, 5.41) is 3.27. The molecule has 1 aromatic heterocycles. The molecule has 0 radical (unpaired) electrons. The fraction of sp³-hybridized carbons (Fsp3) is 0.231. The summed E-state index contributed by atoms with van der Waals surface area (Å²) in [5.74, 6) is -0.376. The van der Waals surface area contributed by atoms with Gasteiger partial charge in [0.25, 0.3) is 0 Å². The minimum Gasteiger partial charge on any atom is -0.350 e. The fourth-order valence-corrected chi connectivity index (χ4v) is 1.95. The number of nitrogens with one attached hydrogen (secondary N) is 1. The minimum atomic E-state index is -0.376. The highest BCUT2D eigenvalue weighted by atomic mass is 35.5. The molecule has 0 amide bonds. The molecule has 0 fully saturated rings. The molecule has 0 saturated carbocycles. The van der Waals surface area contributed by atoms with Crippen LogP contribution < -0.4 is 5.32 Å². The van der Waals surface area contributed by atoms with Crippen molar-refractivity contribution < 1.29 is 4.39 Å². The van der Waals surface area contributed by atoms with Crippen molar-refractivity contribution in [2.45, 2.75) is 13.1 Å². The predicted octanol–water partition coefficient (Wildman–Crippen LogP) is 3.05. The first kappa shape index (κ1) is 12.1. The molecule has 0 aliphatic carbocycles. The van der Waals surface area contributed by atoms with Crippen LogP contribution in [0.3, 0.4) is 0 Å². The number of rotatable bonds is 4.